The molecule has 5 nitrogen and oxygen atoms in total. The van der Waals surface area contributed by atoms with Gasteiger partial charge in [-0.15, -0.1) is 0 Å². The normalized spacial score (nSPS) is 11.8. The van der Waals surface area contributed by atoms with Crippen molar-refractivity contribution in [2.24, 2.45) is 0 Å². The lowest BCUT2D eigenvalue weighted by Crippen LogP contribution is -2.26. The van der Waals surface area contributed by atoms with Crippen LogP contribution in [0, 0.1) is 0 Å². The number of carboxylic acid groups (broad SMARTS) is 1. The molecule has 0 heterocycles. The standard InChI is InChI=1S/C12H15F2NO4S/c13-12(14)10-5-3-9(4-6-10)8-20(18,19)15-7-1-2-11(16)17/h3-6,12,15H,1-2,7-8H2,(H,16,17). The molecule has 0 amide bonds. The predicted molar refractivity (Wildman–Crippen MR) is 68.9 cm³/mol. The fraction of sp³-hybridized carbons (Fsp3) is 0.417. The van der Waals surface area contributed by atoms with Crippen LogP contribution in [0.1, 0.15) is 30.4 Å². The third-order valence-electron chi connectivity index (χ3n) is 2.48. The van der Waals surface area contributed by atoms with Crippen molar-refractivity contribution in [3.05, 3.63) is 35.4 Å². The molecule has 0 aliphatic rings. The summed E-state index contributed by atoms with van der Waals surface area (Å²) in [6.45, 7) is 0.0315. The van der Waals surface area contributed by atoms with Gasteiger partial charge in [-0.05, 0) is 12.0 Å². The van der Waals surface area contributed by atoms with Crippen LogP contribution in [0.2, 0.25) is 0 Å². The number of rotatable bonds is 8. The Kier molecular flexibility index (Phi) is 6.03. The fourth-order valence-corrected chi connectivity index (χ4v) is 2.69. The first kappa shape index (κ1) is 16.5. The van der Waals surface area contributed by atoms with Crippen LogP contribution in [0.15, 0.2) is 24.3 Å². The van der Waals surface area contributed by atoms with Crippen LogP contribution < -0.4 is 4.72 Å². The smallest absolute Gasteiger partial charge is 0.303 e. The highest BCUT2D eigenvalue weighted by Crippen LogP contribution is 2.19. The topological polar surface area (TPSA) is 83.5 Å². The first-order valence-corrected chi connectivity index (χ1v) is 7.51. The van der Waals surface area contributed by atoms with Crippen LogP contribution in [0.3, 0.4) is 0 Å². The number of benzene rings is 1. The van der Waals surface area contributed by atoms with Gasteiger partial charge < -0.3 is 5.11 Å². The Morgan fingerprint density at radius 2 is 1.85 bits per heavy atom. The fourth-order valence-electron chi connectivity index (χ4n) is 1.50. The summed E-state index contributed by atoms with van der Waals surface area (Å²) in [6.07, 6.45) is -2.51. The molecule has 2 N–H and O–H groups in total. The van der Waals surface area contributed by atoms with E-state index in [2.05, 4.69) is 4.72 Å². The molecule has 0 aliphatic heterocycles. The van der Waals surface area contributed by atoms with Crippen LogP contribution >= 0.6 is 0 Å². The molecule has 0 unspecified atom stereocenters. The number of halogens is 2. The van der Waals surface area contributed by atoms with Crippen molar-refractivity contribution < 1.29 is 27.1 Å². The van der Waals surface area contributed by atoms with E-state index in [0.29, 0.717) is 5.56 Å². The van der Waals surface area contributed by atoms with Crippen molar-refractivity contribution >= 4 is 16.0 Å². The zero-order valence-corrected chi connectivity index (χ0v) is 11.4. The monoisotopic (exact) mass is 307 g/mol. The minimum Gasteiger partial charge on any atom is -0.481 e. The lowest BCUT2D eigenvalue weighted by Gasteiger charge is -2.07. The third kappa shape index (κ3) is 6.07. The van der Waals surface area contributed by atoms with Crippen LogP contribution in [0.4, 0.5) is 8.78 Å². The van der Waals surface area contributed by atoms with Crippen molar-refractivity contribution in [1.29, 1.82) is 0 Å². The molecule has 1 rings (SSSR count). The van der Waals surface area contributed by atoms with E-state index < -0.39 is 22.4 Å². The molecule has 1 aromatic carbocycles. The number of nitrogens with one attached hydrogen (secondary N) is 1. The molecule has 0 radical (unpaired) electrons. The van der Waals surface area contributed by atoms with Gasteiger partial charge >= 0.3 is 5.97 Å². The maximum Gasteiger partial charge on any atom is 0.303 e. The number of hydrogen-bond acceptors (Lipinski definition) is 3. The van der Waals surface area contributed by atoms with Crippen molar-refractivity contribution in [3.8, 4) is 0 Å². The molecule has 0 aliphatic carbocycles. The van der Waals surface area contributed by atoms with Gasteiger partial charge in [0.2, 0.25) is 10.0 Å². The summed E-state index contributed by atoms with van der Waals surface area (Å²) < 4.78 is 50.2. The molecule has 0 spiro atoms. The SMILES string of the molecule is O=C(O)CCCNS(=O)(=O)Cc1ccc(C(F)F)cc1. The Bertz CT molecular complexity index is 543. The molecule has 112 valence electrons. The maximum atomic E-state index is 12.3. The van der Waals surface area contributed by atoms with Gasteiger partial charge in [0.25, 0.3) is 6.43 Å². The van der Waals surface area contributed by atoms with Crippen molar-refractivity contribution in [3.63, 3.8) is 0 Å². The minimum atomic E-state index is -3.60. The molecular weight excluding hydrogens is 292 g/mol. The highest BCUT2D eigenvalue weighted by atomic mass is 32.2. The van der Waals surface area contributed by atoms with Crippen molar-refractivity contribution in [2.45, 2.75) is 25.0 Å². The van der Waals surface area contributed by atoms with Crippen molar-refractivity contribution in [1.82, 2.24) is 4.72 Å². The lowest BCUT2D eigenvalue weighted by atomic mass is 10.2. The summed E-state index contributed by atoms with van der Waals surface area (Å²) >= 11 is 0. The minimum absolute atomic E-state index is 0.0315. The molecular formula is C12H15F2NO4S. The average Bonchev–Trinajstić information content (AvgIpc) is 2.34. The summed E-state index contributed by atoms with van der Waals surface area (Å²) in [7, 11) is -3.60. The largest absolute Gasteiger partial charge is 0.481 e. The van der Waals surface area contributed by atoms with E-state index in [1.807, 2.05) is 0 Å². The van der Waals surface area contributed by atoms with E-state index in [1.165, 1.54) is 24.3 Å². The number of carbonyl (C=O) groups is 1. The molecule has 0 saturated heterocycles. The van der Waals surface area contributed by atoms with Crippen LogP contribution in [-0.2, 0) is 20.6 Å². The Hall–Kier alpha value is -1.54. The van der Waals surface area contributed by atoms with Gasteiger partial charge in [0.1, 0.15) is 0 Å². The van der Waals surface area contributed by atoms with E-state index in [-0.39, 0.29) is 30.7 Å². The lowest BCUT2D eigenvalue weighted by molar-refractivity contribution is -0.137. The van der Waals surface area contributed by atoms with E-state index in [9.17, 15) is 22.0 Å². The first-order chi connectivity index (χ1) is 9.30. The molecule has 0 atom stereocenters. The van der Waals surface area contributed by atoms with Gasteiger partial charge in [0.15, 0.2) is 0 Å². The first-order valence-electron chi connectivity index (χ1n) is 5.86. The number of aliphatic carboxylic acids is 1. The molecule has 20 heavy (non-hydrogen) atoms. The van der Waals surface area contributed by atoms with Gasteiger partial charge in [-0.1, -0.05) is 24.3 Å². The Labute approximate surface area is 115 Å². The second-order valence-electron chi connectivity index (χ2n) is 4.19. The van der Waals surface area contributed by atoms with Crippen LogP contribution in [0.5, 0.6) is 0 Å². The molecule has 0 saturated carbocycles. The van der Waals surface area contributed by atoms with E-state index >= 15 is 0 Å². The number of hydrogen-bond donors (Lipinski definition) is 2. The van der Waals surface area contributed by atoms with Gasteiger partial charge in [-0.25, -0.2) is 21.9 Å². The molecule has 0 fully saturated rings. The summed E-state index contributed by atoms with van der Waals surface area (Å²) in [5, 5.41) is 8.41. The van der Waals surface area contributed by atoms with E-state index in [0.717, 1.165) is 0 Å². The number of alkyl halides is 2. The predicted octanol–water partition coefficient (Wildman–Crippen LogP) is 1.91. The Morgan fingerprint density at radius 3 is 2.35 bits per heavy atom. The van der Waals surface area contributed by atoms with E-state index in [1.54, 1.807) is 0 Å². The number of carboxylic acids is 1. The molecule has 0 bridgehead atoms. The van der Waals surface area contributed by atoms with Crippen LogP contribution in [-0.4, -0.2) is 26.0 Å². The summed E-state index contributed by atoms with van der Waals surface area (Å²) in [6, 6.07) is 5.02. The van der Waals surface area contributed by atoms with Gasteiger partial charge in [-0.3, -0.25) is 4.79 Å². The summed E-state index contributed by atoms with van der Waals surface area (Å²) in [4.78, 5) is 10.3. The second-order valence-corrected chi connectivity index (χ2v) is 6.00. The van der Waals surface area contributed by atoms with Gasteiger partial charge in [0, 0.05) is 18.5 Å². The molecule has 0 aromatic heterocycles. The second kappa shape index (κ2) is 7.30. The highest BCUT2D eigenvalue weighted by Gasteiger charge is 2.12. The summed E-state index contributed by atoms with van der Waals surface area (Å²) in [5.74, 6) is -1.32. The Morgan fingerprint density at radius 1 is 1.25 bits per heavy atom. The highest BCUT2D eigenvalue weighted by molar-refractivity contribution is 7.88. The zero-order valence-electron chi connectivity index (χ0n) is 10.6. The maximum absolute atomic E-state index is 12.3. The third-order valence-corrected chi connectivity index (χ3v) is 3.84. The quantitative estimate of drug-likeness (QED) is 0.719. The zero-order chi connectivity index (χ0) is 15.2. The number of sulfonamides is 1. The Balaban J connectivity index is 2.51. The van der Waals surface area contributed by atoms with Gasteiger partial charge in [-0.2, -0.15) is 0 Å². The molecule has 8 heteroatoms. The molecule has 1 aromatic rings. The van der Waals surface area contributed by atoms with Crippen molar-refractivity contribution in [2.75, 3.05) is 6.54 Å². The van der Waals surface area contributed by atoms with Gasteiger partial charge in [0.05, 0.1) is 5.75 Å². The summed E-state index contributed by atoms with van der Waals surface area (Å²) in [5.41, 5.74) is 0.223. The van der Waals surface area contributed by atoms with E-state index in [4.69, 9.17) is 5.11 Å². The average molecular weight is 307 g/mol. The van der Waals surface area contributed by atoms with Crippen LogP contribution in [0.25, 0.3) is 0 Å².